The average molecular weight is 221 g/mol. The van der Waals surface area contributed by atoms with Crippen molar-refractivity contribution < 1.29 is 14.9 Å². The molecule has 4 nitrogen and oxygen atoms in total. The number of nitrogens with zero attached hydrogens (tertiary/aromatic N) is 1. The molecule has 0 aromatic heterocycles. The molecule has 0 fully saturated rings. The quantitative estimate of drug-likeness (QED) is 0.804. The van der Waals surface area contributed by atoms with Gasteiger partial charge in [0.2, 0.25) is 0 Å². The molecule has 0 amide bonds. The molecular weight excluding hydrogens is 206 g/mol. The van der Waals surface area contributed by atoms with Crippen molar-refractivity contribution in [2.75, 3.05) is 7.11 Å². The van der Waals surface area contributed by atoms with Crippen LogP contribution in [0.2, 0.25) is 0 Å². The number of ether oxygens (including phenoxy) is 1. The molecule has 0 spiro atoms. The zero-order valence-corrected chi connectivity index (χ0v) is 9.34. The van der Waals surface area contributed by atoms with Crippen molar-refractivity contribution in [3.8, 4) is 11.8 Å². The normalized spacial score (nSPS) is 13.9. The molecule has 0 bridgehead atoms. The Morgan fingerprint density at radius 1 is 1.38 bits per heavy atom. The van der Waals surface area contributed by atoms with Crippen molar-refractivity contribution >= 4 is 0 Å². The predicted molar refractivity (Wildman–Crippen MR) is 58.9 cm³/mol. The zero-order valence-electron chi connectivity index (χ0n) is 9.34. The summed E-state index contributed by atoms with van der Waals surface area (Å²) >= 11 is 0. The maximum atomic E-state index is 9.81. The van der Waals surface area contributed by atoms with Crippen LogP contribution >= 0.6 is 0 Å². The van der Waals surface area contributed by atoms with Gasteiger partial charge in [-0.15, -0.1) is 0 Å². The van der Waals surface area contributed by atoms with Gasteiger partial charge in [-0.2, -0.15) is 5.26 Å². The number of aliphatic hydroxyl groups is 2. The first kappa shape index (κ1) is 12.5. The van der Waals surface area contributed by atoms with Crippen molar-refractivity contribution in [1.82, 2.24) is 0 Å². The molecule has 0 aliphatic heterocycles. The standard InChI is InChI=1S/C12H15NO3/c1-8-5-9(7-10(6-8)16-2)12(15)11(14)3-4-13/h5-7,11-12,14-15H,3H2,1-2H3. The van der Waals surface area contributed by atoms with E-state index >= 15 is 0 Å². The van der Waals surface area contributed by atoms with E-state index < -0.39 is 12.2 Å². The van der Waals surface area contributed by atoms with Gasteiger partial charge in [-0.1, -0.05) is 6.07 Å². The topological polar surface area (TPSA) is 73.5 Å². The lowest BCUT2D eigenvalue weighted by Gasteiger charge is -2.17. The van der Waals surface area contributed by atoms with Crippen LogP contribution in [0, 0.1) is 18.3 Å². The summed E-state index contributed by atoms with van der Waals surface area (Å²) in [6.45, 7) is 1.87. The summed E-state index contributed by atoms with van der Waals surface area (Å²) in [7, 11) is 1.54. The number of rotatable bonds is 4. The summed E-state index contributed by atoms with van der Waals surface area (Å²) in [6, 6.07) is 7.06. The summed E-state index contributed by atoms with van der Waals surface area (Å²) in [4.78, 5) is 0. The maximum Gasteiger partial charge on any atom is 0.119 e. The van der Waals surface area contributed by atoms with Crippen LogP contribution < -0.4 is 4.74 Å². The molecule has 86 valence electrons. The Morgan fingerprint density at radius 3 is 2.62 bits per heavy atom. The van der Waals surface area contributed by atoms with Gasteiger partial charge in [-0.25, -0.2) is 0 Å². The average Bonchev–Trinajstić information content (AvgIpc) is 2.27. The Labute approximate surface area is 94.7 Å². The van der Waals surface area contributed by atoms with Crippen LogP contribution in [0.5, 0.6) is 5.75 Å². The minimum atomic E-state index is -1.07. The third-order valence-electron chi connectivity index (χ3n) is 2.32. The van der Waals surface area contributed by atoms with Crippen LogP contribution in [0.1, 0.15) is 23.7 Å². The van der Waals surface area contributed by atoms with Gasteiger partial charge in [0.15, 0.2) is 0 Å². The molecular formula is C12H15NO3. The Kier molecular flexibility index (Phi) is 4.29. The van der Waals surface area contributed by atoms with Crippen LogP contribution in [-0.4, -0.2) is 23.4 Å². The third kappa shape index (κ3) is 2.96. The lowest BCUT2D eigenvalue weighted by molar-refractivity contribution is 0.0215. The van der Waals surface area contributed by atoms with Crippen LogP contribution in [0.4, 0.5) is 0 Å². The second kappa shape index (κ2) is 5.50. The first-order valence-electron chi connectivity index (χ1n) is 4.97. The summed E-state index contributed by atoms with van der Waals surface area (Å²) in [6.07, 6.45) is -2.23. The second-order valence-electron chi connectivity index (χ2n) is 3.66. The van der Waals surface area contributed by atoms with Crippen molar-refractivity contribution in [2.45, 2.75) is 25.6 Å². The Hall–Kier alpha value is -1.57. The Bertz CT molecular complexity index is 398. The number of benzene rings is 1. The van der Waals surface area contributed by atoms with E-state index in [1.807, 2.05) is 19.1 Å². The molecule has 0 aliphatic carbocycles. The first-order valence-corrected chi connectivity index (χ1v) is 4.97. The van der Waals surface area contributed by atoms with Crippen molar-refractivity contribution in [2.24, 2.45) is 0 Å². The fraction of sp³-hybridized carbons (Fsp3) is 0.417. The van der Waals surface area contributed by atoms with Crippen molar-refractivity contribution in [3.05, 3.63) is 29.3 Å². The van der Waals surface area contributed by atoms with E-state index in [-0.39, 0.29) is 6.42 Å². The van der Waals surface area contributed by atoms with E-state index in [2.05, 4.69) is 0 Å². The predicted octanol–water partition coefficient (Wildman–Crippen LogP) is 1.31. The van der Waals surface area contributed by atoms with Gasteiger partial charge < -0.3 is 14.9 Å². The molecule has 0 heterocycles. The molecule has 1 aromatic rings. The molecule has 4 heteroatoms. The fourth-order valence-electron chi connectivity index (χ4n) is 1.49. The van der Waals surface area contributed by atoms with Gasteiger partial charge in [0.25, 0.3) is 0 Å². The van der Waals surface area contributed by atoms with E-state index in [1.165, 1.54) is 7.11 Å². The summed E-state index contributed by atoms with van der Waals surface area (Å²) in [5, 5.41) is 27.8. The van der Waals surface area contributed by atoms with E-state index in [0.717, 1.165) is 5.56 Å². The highest BCUT2D eigenvalue weighted by atomic mass is 16.5. The lowest BCUT2D eigenvalue weighted by atomic mass is 10.0. The lowest BCUT2D eigenvalue weighted by Crippen LogP contribution is -2.17. The fourth-order valence-corrected chi connectivity index (χ4v) is 1.49. The summed E-state index contributed by atoms with van der Waals surface area (Å²) in [5.41, 5.74) is 1.48. The van der Waals surface area contributed by atoms with E-state index in [0.29, 0.717) is 11.3 Å². The molecule has 1 rings (SSSR count). The number of hydrogen-bond acceptors (Lipinski definition) is 4. The molecule has 0 saturated heterocycles. The largest absolute Gasteiger partial charge is 0.497 e. The van der Waals surface area contributed by atoms with E-state index in [9.17, 15) is 10.2 Å². The molecule has 2 unspecified atom stereocenters. The van der Waals surface area contributed by atoms with Gasteiger partial charge >= 0.3 is 0 Å². The second-order valence-corrected chi connectivity index (χ2v) is 3.66. The number of hydrogen-bond donors (Lipinski definition) is 2. The van der Waals surface area contributed by atoms with Crippen LogP contribution in [0.15, 0.2) is 18.2 Å². The molecule has 16 heavy (non-hydrogen) atoms. The highest BCUT2D eigenvalue weighted by Crippen LogP contribution is 2.24. The van der Waals surface area contributed by atoms with Gasteiger partial charge in [-0.05, 0) is 30.2 Å². The van der Waals surface area contributed by atoms with Gasteiger partial charge in [0.05, 0.1) is 25.7 Å². The Balaban J connectivity index is 2.95. The summed E-state index contributed by atoms with van der Waals surface area (Å²) in [5.74, 6) is 0.623. The van der Waals surface area contributed by atoms with Gasteiger partial charge in [-0.3, -0.25) is 0 Å². The number of aryl methyl sites for hydroxylation is 1. The molecule has 0 radical (unpaired) electrons. The van der Waals surface area contributed by atoms with E-state index in [4.69, 9.17) is 10.00 Å². The van der Waals surface area contributed by atoms with Crippen LogP contribution in [-0.2, 0) is 0 Å². The van der Waals surface area contributed by atoms with Crippen LogP contribution in [0.25, 0.3) is 0 Å². The maximum absolute atomic E-state index is 9.81. The van der Waals surface area contributed by atoms with Crippen molar-refractivity contribution in [1.29, 1.82) is 5.26 Å². The molecule has 2 atom stereocenters. The molecule has 0 saturated carbocycles. The minimum Gasteiger partial charge on any atom is -0.497 e. The highest BCUT2D eigenvalue weighted by molar-refractivity contribution is 5.35. The third-order valence-corrected chi connectivity index (χ3v) is 2.32. The zero-order chi connectivity index (χ0) is 12.1. The van der Waals surface area contributed by atoms with Crippen molar-refractivity contribution in [3.63, 3.8) is 0 Å². The number of methoxy groups -OCH3 is 1. The van der Waals surface area contributed by atoms with Gasteiger partial charge in [0.1, 0.15) is 11.9 Å². The molecule has 1 aromatic carbocycles. The van der Waals surface area contributed by atoms with Gasteiger partial charge in [0, 0.05) is 0 Å². The number of aliphatic hydroxyl groups excluding tert-OH is 2. The first-order chi connectivity index (χ1) is 7.58. The highest BCUT2D eigenvalue weighted by Gasteiger charge is 2.18. The SMILES string of the molecule is COc1cc(C)cc(C(O)C(O)CC#N)c1. The smallest absolute Gasteiger partial charge is 0.119 e. The molecule has 2 N–H and O–H groups in total. The molecule has 0 aliphatic rings. The Morgan fingerprint density at radius 2 is 2.06 bits per heavy atom. The summed E-state index contributed by atoms with van der Waals surface area (Å²) < 4.78 is 5.07. The minimum absolute atomic E-state index is 0.0998. The van der Waals surface area contributed by atoms with E-state index in [1.54, 1.807) is 12.1 Å². The monoisotopic (exact) mass is 221 g/mol. The number of nitriles is 1. The van der Waals surface area contributed by atoms with Crippen LogP contribution in [0.3, 0.4) is 0 Å².